The van der Waals surface area contributed by atoms with Crippen molar-refractivity contribution in [3.8, 4) is 11.3 Å². The minimum atomic E-state index is 0.515. The van der Waals surface area contributed by atoms with Gasteiger partial charge in [0.2, 0.25) is 0 Å². The average Bonchev–Trinajstić information content (AvgIpc) is 2.41. The summed E-state index contributed by atoms with van der Waals surface area (Å²) in [7, 11) is 0. The van der Waals surface area contributed by atoms with Gasteiger partial charge in [-0.25, -0.2) is 9.97 Å². The molecule has 0 saturated carbocycles. The molecule has 2 heterocycles. The van der Waals surface area contributed by atoms with Crippen molar-refractivity contribution in [1.82, 2.24) is 15.0 Å². The zero-order chi connectivity index (χ0) is 12.5. The number of nitrogen functional groups attached to an aromatic ring is 1. The molecule has 0 atom stereocenters. The fourth-order valence-electron chi connectivity index (χ4n) is 1.97. The van der Waals surface area contributed by atoms with Crippen molar-refractivity contribution < 1.29 is 0 Å². The highest BCUT2D eigenvalue weighted by atomic mass is 14.9. The molecule has 0 spiro atoms. The minimum absolute atomic E-state index is 0.515. The van der Waals surface area contributed by atoms with Gasteiger partial charge in [-0.3, -0.25) is 4.98 Å². The molecule has 0 fully saturated rings. The van der Waals surface area contributed by atoms with E-state index < -0.39 is 0 Å². The number of rotatable bonds is 1. The van der Waals surface area contributed by atoms with Crippen LogP contribution in [0, 0.1) is 6.92 Å². The lowest BCUT2D eigenvalue weighted by atomic mass is 10.1. The highest BCUT2D eigenvalue weighted by molar-refractivity contribution is 5.84. The van der Waals surface area contributed by atoms with E-state index in [1.165, 1.54) is 6.33 Å². The van der Waals surface area contributed by atoms with Gasteiger partial charge in [0.1, 0.15) is 12.1 Å². The smallest absolute Gasteiger partial charge is 0.130 e. The van der Waals surface area contributed by atoms with Crippen LogP contribution in [0.5, 0.6) is 0 Å². The number of nitrogens with zero attached hydrogens (tertiary/aromatic N) is 3. The molecule has 4 nitrogen and oxygen atoms in total. The van der Waals surface area contributed by atoms with Crippen molar-refractivity contribution in [3.63, 3.8) is 0 Å². The lowest BCUT2D eigenvalue weighted by Crippen LogP contribution is -1.98. The van der Waals surface area contributed by atoms with E-state index >= 15 is 0 Å². The molecule has 0 saturated heterocycles. The van der Waals surface area contributed by atoms with Gasteiger partial charge in [-0.1, -0.05) is 18.2 Å². The van der Waals surface area contributed by atoms with Crippen molar-refractivity contribution in [1.29, 1.82) is 0 Å². The van der Waals surface area contributed by atoms with Crippen LogP contribution in [0.15, 0.2) is 42.9 Å². The number of pyridine rings is 1. The third-order valence-corrected chi connectivity index (χ3v) is 3.00. The zero-order valence-corrected chi connectivity index (χ0v) is 9.96. The van der Waals surface area contributed by atoms with Gasteiger partial charge in [0.25, 0.3) is 0 Å². The molecule has 0 radical (unpaired) electrons. The highest BCUT2D eigenvalue weighted by Crippen LogP contribution is 2.25. The van der Waals surface area contributed by atoms with Crippen LogP contribution in [0.3, 0.4) is 0 Å². The lowest BCUT2D eigenvalue weighted by molar-refractivity contribution is 1.14. The normalized spacial score (nSPS) is 10.7. The van der Waals surface area contributed by atoms with E-state index in [1.807, 2.05) is 37.3 Å². The van der Waals surface area contributed by atoms with E-state index in [1.54, 1.807) is 6.20 Å². The molecule has 18 heavy (non-hydrogen) atoms. The van der Waals surface area contributed by atoms with Crippen molar-refractivity contribution in [2.24, 2.45) is 0 Å². The van der Waals surface area contributed by atoms with Crippen LogP contribution < -0.4 is 5.73 Å². The second-order valence-electron chi connectivity index (χ2n) is 4.14. The van der Waals surface area contributed by atoms with E-state index in [0.717, 1.165) is 27.7 Å². The first-order valence-electron chi connectivity index (χ1n) is 5.68. The summed E-state index contributed by atoms with van der Waals surface area (Å²) in [5, 5.41) is 1.11. The summed E-state index contributed by atoms with van der Waals surface area (Å²) in [6, 6.07) is 10.0. The fraction of sp³-hybridized carbons (Fsp3) is 0.0714. The molecule has 4 heteroatoms. The maximum atomic E-state index is 5.80. The van der Waals surface area contributed by atoms with Gasteiger partial charge in [0.05, 0.1) is 11.2 Å². The number of aromatic nitrogens is 3. The topological polar surface area (TPSA) is 64.7 Å². The standard InChI is InChI=1S/C14H12N4/c1-9-13(17-8-18-14(9)15)11-5-4-10-3-2-6-16-12(10)7-11/h2-8H,1H3,(H2,15,17,18). The molecule has 0 bridgehead atoms. The lowest BCUT2D eigenvalue weighted by Gasteiger charge is -2.07. The summed E-state index contributed by atoms with van der Waals surface area (Å²) in [6.07, 6.45) is 3.27. The Morgan fingerprint density at radius 1 is 1.06 bits per heavy atom. The molecule has 2 N–H and O–H groups in total. The van der Waals surface area contributed by atoms with Crippen molar-refractivity contribution in [2.75, 3.05) is 5.73 Å². The van der Waals surface area contributed by atoms with Crippen LogP contribution in [0.1, 0.15) is 5.56 Å². The Balaban J connectivity index is 2.22. The maximum absolute atomic E-state index is 5.80. The first-order chi connectivity index (χ1) is 8.75. The van der Waals surface area contributed by atoms with Gasteiger partial charge in [0.15, 0.2) is 0 Å². The number of anilines is 1. The summed E-state index contributed by atoms with van der Waals surface area (Å²) in [5.41, 5.74) is 9.51. The third-order valence-electron chi connectivity index (χ3n) is 3.00. The Kier molecular flexibility index (Phi) is 2.41. The summed E-state index contributed by atoms with van der Waals surface area (Å²) in [5.74, 6) is 0.515. The van der Waals surface area contributed by atoms with E-state index in [4.69, 9.17) is 5.73 Å². The van der Waals surface area contributed by atoms with E-state index in [9.17, 15) is 0 Å². The molecule has 2 aromatic heterocycles. The predicted molar refractivity (Wildman–Crippen MR) is 71.9 cm³/mol. The Morgan fingerprint density at radius 2 is 1.94 bits per heavy atom. The molecule has 0 amide bonds. The van der Waals surface area contributed by atoms with E-state index in [-0.39, 0.29) is 0 Å². The Hall–Kier alpha value is -2.49. The monoisotopic (exact) mass is 236 g/mol. The summed E-state index contributed by atoms with van der Waals surface area (Å²) >= 11 is 0. The van der Waals surface area contributed by atoms with Crippen molar-refractivity contribution >= 4 is 16.7 Å². The van der Waals surface area contributed by atoms with E-state index in [2.05, 4.69) is 15.0 Å². The number of fused-ring (bicyclic) bond motifs is 1. The van der Waals surface area contributed by atoms with Crippen LogP contribution >= 0.6 is 0 Å². The molecule has 88 valence electrons. The van der Waals surface area contributed by atoms with E-state index in [0.29, 0.717) is 5.82 Å². The first kappa shape index (κ1) is 10.7. The molecule has 0 aliphatic heterocycles. The molecule has 0 aliphatic carbocycles. The van der Waals surface area contributed by atoms with Gasteiger partial charge in [-0.2, -0.15) is 0 Å². The molecular formula is C14H12N4. The van der Waals surface area contributed by atoms with Crippen LogP contribution in [-0.4, -0.2) is 15.0 Å². The second-order valence-corrected chi connectivity index (χ2v) is 4.14. The van der Waals surface area contributed by atoms with Crippen molar-refractivity contribution in [3.05, 3.63) is 48.4 Å². The fourth-order valence-corrected chi connectivity index (χ4v) is 1.97. The maximum Gasteiger partial charge on any atom is 0.130 e. The van der Waals surface area contributed by atoms with Gasteiger partial charge in [-0.15, -0.1) is 0 Å². The van der Waals surface area contributed by atoms with Crippen molar-refractivity contribution in [2.45, 2.75) is 6.92 Å². The quantitative estimate of drug-likeness (QED) is 0.705. The van der Waals surface area contributed by atoms with Crippen LogP contribution in [0.25, 0.3) is 22.2 Å². The Morgan fingerprint density at radius 3 is 2.83 bits per heavy atom. The number of hydrogen-bond donors (Lipinski definition) is 1. The number of benzene rings is 1. The van der Waals surface area contributed by atoms with Gasteiger partial charge in [-0.05, 0) is 19.1 Å². The summed E-state index contributed by atoms with van der Waals surface area (Å²) < 4.78 is 0. The first-order valence-corrected chi connectivity index (χ1v) is 5.68. The molecular weight excluding hydrogens is 224 g/mol. The number of nitrogens with two attached hydrogens (primary N) is 1. The highest BCUT2D eigenvalue weighted by Gasteiger charge is 2.07. The largest absolute Gasteiger partial charge is 0.383 e. The van der Waals surface area contributed by atoms with Crippen LogP contribution in [-0.2, 0) is 0 Å². The molecule has 1 aromatic carbocycles. The summed E-state index contributed by atoms with van der Waals surface area (Å²) in [6.45, 7) is 1.92. The van der Waals surface area contributed by atoms with Gasteiger partial charge < -0.3 is 5.73 Å². The minimum Gasteiger partial charge on any atom is -0.383 e. The summed E-state index contributed by atoms with van der Waals surface area (Å²) in [4.78, 5) is 12.6. The molecule has 0 unspecified atom stereocenters. The SMILES string of the molecule is Cc1c(N)ncnc1-c1ccc2cccnc2c1. The van der Waals surface area contributed by atoms with Gasteiger partial charge in [0, 0.05) is 22.7 Å². The molecule has 0 aliphatic rings. The second kappa shape index (κ2) is 4.07. The van der Waals surface area contributed by atoms with Crippen LogP contribution in [0.2, 0.25) is 0 Å². The van der Waals surface area contributed by atoms with Gasteiger partial charge >= 0.3 is 0 Å². The average molecular weight is 236 g/mol. The molecule has 3 rings (SSSR count). The Labute approximate surface area is 105 Å². The number of hydrogen-bond acceptors (Lipinski definition) is 4. The molecule has 3 aromatic rings. The third kappa shape index (κ3) is 1.68. The zero-order valence-electron chi connectivity index (χ0n) is 9.96. The van der Waals surface area contributed by atoms with Crippen LogP contribution in [0.4, 0.5) is 5.82 Å². The Bertz CT molecular complexity index is 722. The predicted octanol–water partition coefficient (Wildman–Crippen LogP) is 2.58.